The second-order valence-electron chi connectivity index (χ2n) is 2.85. The summed E-state index contributed by atoms with van der Waals surface area (Å²) in [4.78, 5) is 0. The Morgan fingerprint density at radius 1 is 1.33 bits per heavy atom. The summed E-state index contributed by atoms with van der Waals surface area (Å²) in [7, 11) is 1.92. The van der Waals surface area contributed by atoms with Gasteiger partial charge in [-0.05, 0) is 0 Å². The van der Waals surface area contributed by atoms with Crippen LogP contribution < -0.4 is 21.6 Å². The van der Waals surface area contributed by atoms with Crippen LogP contribution in [0.4, 0.5) is 0 Å². The summed E-state index contributed by atoms with van der Waals surface area (Å²) >= 11 is 0. The number of nitrogens with two attached hydrogens (primary N) is 1. The third kappa shape index (κ3) is 0.993. The highest BCUT2D eigenvalue weighted by molar-refractivity contribution is 5.44. The SMILES string of the molecule is CN1C=c2ccccc2=C(N)N1. The molecule has 0 atom stereocenters. The van der Waals surface area contributed by atoms with Gasteiger partial charge in [0.1, 0.15) is 5.82 Å². The quantitative estimate of drug-likeness (QED) is 0.507. The minimum Gasteiger partial charge on any atom is -0.384 e. The topological polar surface area (TPSA) is 41.3 Å². The summed E-state index contributed by atoms with van der Waals surface area (Å²) in [6, 6.07) is 8.02. The molecule has 1 aromatic rings. The Morgan fingerprint density at radius 3 is 2.92 bits per heavy atom. The van der Waals surface area contributed by atoms with Gasteiger partial charge in [-0.25, -0.2) is 0 Å². The van der Waals surface area contributed by atoms with Crippen molar-refractivity contribution < 1.29 is 0 Å². The van der Waals surface area contributed by atoms with Gasteiger partial charge in [0.15, 0.2) is 0 Å². The Hall–Kier alpha value is -1.64. The van der Waals surface area contributed by atoms with Crippen LogP contribution in [-0.4, -0.2) is 12.1 Å². The molecule has 1 aliphatic heterocycles. The van der Waals surface area contributed by atoms with Crippen molar-refractivity contribution in [3.63, 3.8) is 0 Å². The molecule has 2 rings (SSSR count). The molecule has 0 fully saturated rings. The minimum absolute atomic E-state index is 0.704. The Labute approximate surface area is 70.8 Å². The van der Waals surface area contributed by atoms with Gasteiger partial charge in [-0.1, -0.05) is 24.3 Å². The molecular weight excluding hydrogens is 150 g/mol. The fourth-order valence-electron chi connectivity index (χ4n) is 1.35. The number of fused-ring (bicyclic) bond motifs is 1. The molecular formula is C9H11N3. The first-order valence-corrected chi connectivity index (χ1v) is 3.83. The normalized spacial score (nSPS) is 14.8. The summed E-state index contributed by atoms with van der Waals surface area (Å²) in [5.74, 6) is 0.704. The third-order valence-electron chi connectivity index (χ3n) is 1.88. The molecule has 1 aliphatic rings. The molecule has 0 bridgehead atoms. The molecule has 3 nitrogen and oxygen atoms in total. The molecule has 3 N–H and O–H groups in total. The van der Waals surface area contributed by atoms with Crippen molar-refractivity contribution in [1.29, 1.82) is 0 Å². The van der Waals surface area contributed by atoms with E-state index in [9.17, 15) is 0 Å². The molecule has 0 radical (unpaired) electrons. The highest BCUT2D eigenvalue weighted by Crippen LogP contribution is 1.85. The molecule has 1 heterocycles. The standard InChI is InChI=1S/C9H11N3/c1-12-6-7-4-2-3-5-8(7)9(10)11-12/h2-6,11H,10H2,1H3. The van der Waals surface area contributed by atoms with Gasteiger partial charge in [-0.3, -0.25) is 10.4 Å². The van der Waals surface area contributed by atoms with Crippen molar-refractivity contribution >= 4 is 12.0 Å². The van der Waals surface area contributed by atoms with Crippen molar-refractivity contribution in [3.8, 4) is 0 Å². The van der Waals surface area contributed by atoms with E-state index >= 15 is 0 Å². The van der Waals surface area contributed by atoms with Gasteiger partial charge in [-0.2, -0.15) is 0 Å². The maximum atomic E-state index is 5.78. The molecule has 0 aromatic heterocycles. The van der Waals surface area contributed by atoms with Crippen LogP contribution in [0.15, 0.2) is 24.3 Å². The molecule has 0 amide bonds. The fraction of sp³-hybridized carbons (Fsp3) is 0.111. The van der Waals surface area contributed by atoms with Crippen LogP contribution in [0.25, 0.3) is 12.0 Å². The van der Waals surface area contributed by atoms with E-state index in [1.165, 1.54) is 0 Å². The van der Waals surface area contributed by atoms with Crippen LogP contribution in [0.2, 0.25) is 0 Å². The van der Waals surface area contributed by atoms with E-state index in [4.69, 9.17) is 5.73 Å². The van der Waals surface area contributed by atoms with Gasteiger partial charge in [0, 0.05) is 23.7 Å². The van der Waals surface area contributed by atoms with Crippen LogP contribution in [0.3, 0.4) is 0 Å². The number of nitrogens with zero attached hydrogens (tertiary/aromatic N) is 1. The molecule has 1 aromatic carbocycles. The molecule has 3 heteroatoms. The van der Waals surface area contributed by atoms with Gasteiger partial charge in [0.25, 0.3) is 0 Å². The fourth-order valence-corrected chi connectivity index (χ4v) is 1.35. The second-order valence-corrected chi connectivity index (χ2v) is 2.85. The maximum Gasteiger partial charge on any atom is 0.123 e. The number of nitrogens with one attached hydrogen (secondary N) is 1. The van der Waals surface area contributed by atoms with Crippen LogP contribution >= 0.6 is 0 Å². The summed E-state index contributed by atoms with van der Waals surface area (Å²) in [6.07, 6.45) is 2.01. The van der Waals surface area contributed by atoms with E-state index in [0.29, 0.717) is 5.82 Å². The Kier molecular flexibility index (Phi) is 1.43. The predicted molar refractivity (Wildman–Crippen MR) is 48.7 cm³/mol. The molecule has 0 aliphatic carbocycles. The van der Waals surface area contributed by atoms with Crippen LogP contribution in [0.1, 0.15) is 0 Å². The Balaban J connectivity index is 2.81. The summed E-state index contributed by atoms with van der Waals surface area (Å²) in [5.41, 5.74) is 8.79. The van der Waals surface area contributed by atoms with E-state index in [0.717, 1.165) is 10.4 Å². The van der Waals surface area contributed by atoms with E-state index in [2.05, 4.69) is 5.43 Å². The molecule has 62 valence electrons. The predicted octanol–water partition coefficient (Wildman–Crippen LogP) is -1.10. The van der Waals surface area contributed by atoms with Crippen molar-refractivity contribution in [1.82, 2.24) is 10.4 Å². The highest BCUT2D eigenvalue weighted by atomic mass is 15.5. The van der Waals surface area contributed by atoms with Gasteiger partial charge in [0.05, 0.1) is 0 Å². The Bertz CT molecular complexity index is 408. The highest BCUT2D eigenvalue weighted by Gasteiger charge is 2.00. The zero-order valence-corrected chi connectivity index (χ0v) is 6.91. The lowest BCUT2D eigenvalue weighted by atomic mass is 10.2. The lowest BCUT2D eigenvalue weighted by Crippen LogP contribution is -2.46. The van der Waals surface area contributed by atoms with E-state index in [1.807, 2.05) is 42.5 Å². The minimum atomic E-state index is 0.704. The number of hydrogen-bond donors (Lipinski definition) is 2. The molecule has 12 heavy (non-hydrogen) atoms. The van der Waals surface area contributed by atoms with Crippen molar-refractivity contribution in [2.24, 2.45) is 5.73 Å². The first-order chi connectivity index (χ1) is 5.77. The van der Waals surface area contributed by atoms with Crippen LogP contribution in [0.5, 0.6) is 0 Å². The van der Waals surface area contributed by atoms with Gasteiger partial charge in [0.2, 0.25) is 0 Å². The first kappa shape index (κ1) is 7.03. The zero-order valence-electron chi connectivity index (χ0n) is 6.91. The monoisotopic (exact) mass is 161 g/mol. The zero-order chi connectivity index (χ0) is 8.55. The second kappa shape index (κ2) is 2.44. The van der Waals surface area contributed by atoms with Crippen LogP contribution in [0, 0.1) is 0 Å². The molecule has 0 unspecified atom stereocenters. The number of hydrogen-bond acceptors (Lipinski definition) is 3. The first-order valence-electron chi connectivity index (χ1n) is 3.83. The number of hydrazine groups is 1. The Morgan fingerprint density at radius 2 is 2.08 bits per heavy atom. The maximum absolute atomic E-state index is 5.78. The smallest absolute Gasteiger partial charge is 0.123 e. The average molecular weight is 161 g/mol. The summed E-state index contributed by atoms with van der Waals surface area (Å²) < 4.78 is 0. The van der Waals surface area contributed by atoms with Crippen molar-refractivity contribution in [3.05, 3.63) is 34.7 Å². The average Bonchev–Trinajstić information content (AvgIpc) is 2.04. The number of rotatable bonds is 0. The van der Waals surface area contributed by atoms with E-state index < -0.39 is 0 Å². The molecule has 0 saturated carbocycles. The lowest BCUT2D eigenvalue weighted by molar-refractivity contribution is 0.426. The molecule has 0 spiro atoms. The van der Waals surface area contributed by atoms with Crippen LogP contribution in [-0.2, 0) is 0 Å². The summed E-state index contributed by atoms with van der Waals surface area (Å²) in [5, 5.41) is 4.06. The van der Waals surface area contributed by atoms with E-state index in [-0.39, 0.29) is 0 Å². The van der Waals surface area contributed by atoms with Gasteiger partial charge < -0.3 is 5.73 Å². The van der Waals surface area contributed by atoms with E-state index in [1.54, 1.807) is 0 Å². The van der Waals surface area contributed by atoms with Gasteiger partial charge >= 0.3 is 0 Å². The molecule has 0 saturated heterocycles. The van der Waals surface area contributed by atoms with Crippen molar-refractivity contribution in [2.45, 2.75) is 0 Å². The van der Waals surface area contributed by atoms with Crippen molar-refractivity contribution in [2.75, 3.05) is 7.05 Å². The van der Waals surface area contributed by atoms with Gasteiger partial charge in [-0.15, -0.1) is 0 Å². The largest absolute Gasteiger partial charge is 0.384 e. The lowest BCUT2D eigenvalue weighted by Gasteiger charge is -2.20. The summed E-state index contributed by atoms with van der Waals surface area (Å²) in [6.45, 7) is 0. The third-order valence-corrected chi connectivity index (χ3v) is 1.88. The number of benzene rings is 1.